The van der Waals surface area contributed by atoms with Crippen LogP contribution in [0.5, 0.6) is 0 Å². The number of carboxylic acid groups (broad SMARTS) is 1. The van der Waals surface area contributed by atoms with Gasteiger partial charge in [0.05, 0.1) is 5.52 Å². The van der Waals surface area contributed by atoms with E-state index < -0.39 is 17.8 Å². The van der Waals surface area contributed by atoms with Crippen LogP contribution in [0.4, 0.5) is 27.0 Å². The molecule has 1 aromatic carbocycles. The highest BCUT2D eigenvalue weighted by Gasteiger charge is 2.26. The molecule has 0 saturated heterocycles. The molecule has 12 heteroatoms. The molecule has 0 aliphatic carbocycles. The maximum atomic E-state index is 12.7. The van der Waals surface area contributed by atoms with Gasteiger partial charge in [0.25, 0.3) is 5.56 Å². The van der Waals surface area contributed by atoms with Crippen LogP contribution >= 0.6 is 0 Å². The smallest absolute Gasteiger partial charge is 0.407 e. The number of aromatic amines is 1. The topological polar surface area (TPSA) is 170 Å². The fourth-order valence-corrected chi connectivity index (χ4v) is 4.18. The number of aromatic nitrogens is 3. The molecule has 222 valence electrons. The van der Waals surface area contributed by atoms with Gasteiger partial charge in [-0.25, -0.2) is 14.6 Å². The van der Waals surface area contributed by atoms with E-state index in [1.165, 1.54) is 6.20 Å². The first-order valence-electron chi connectivity index (χ1n) is 13.7. The zero-order chi connectivity index (χ0) is 30.2. The molecule has 6 N–H and O–H groups in total. The molecule has 0 fully saturated rings. The van der Waals surface area contributed by atoms with Gasteiger partial charge in [0.2, 0.25) is 5.95 Å². The Bertz CT molecular complexity index is 1410. The zero-order valence-corrected chi connectivity index (χ0v) is 24.6. The van der Waals surface area contributed by atoms with Gasteiger partial charge in [0.1, 0.15) is 16.8 Å². The third-order valence-corrected chi connectivity index (χ3v) is 6.18. The summed E-state index contributed by atoms with van der Waals surface area (Å²) >= 11 is 0. The average Bonchev–Trinajstić information content (AvgIpc) is 2.84. The van der Waals surface area contributed by atoms with E-state index in [2.05, 4.69) is 36.2 Å². The van der Waals surface area contributed by atoms with Crippen molar-refractivity contribution in [2.75, 3.05) is 23.7 Å². The summed E-state index contributed by atoms with van der Waals surface area (Å²) in [5.41, 5.74) is 1.11. The van der Waals surface area contributed by atoms with Gasteiger partial charge in [-0.1, -0.05) is 32.9 Å². The monoisotopic (exact) mass is 567 g/mol. The number of ether oxygens (including phenoxy) is 1. The van der Waals surface area contributed by atoms with Gasteiger partial charge < -0.3 is 36.1 Å². The normalized spacial score (nSPS) is 12.4. The lowest BCUT2D eigenvalue weighted by molar-refractivity contribution is 0.0527. The number of anilines is 3. The molecule has 0 spiro atoms. The predicted octanol–water partition coefficient (Wildman–Crippen LogP) is 5.00. The van der Waals surface area contributed by atoms with Crippen LogP contribution in [0.2, 0.25) is 0 Å². The summed E-state index contributed by atoms with van der Waals surface area (Å²) in [7, 11) is 0. The van der Waals surface area contributed by atoms with E-state index in [1.54, 1.807) is 26.8 Å². The summed E-state index contributed by atoms with van der Waals surface area (Å²) < 4.78 is 5.24. The van der Waals surface area contributed by atoms with Crippen molar-refractivity contribution < 1.29 is 19.4 Å². The summed E-state index contributed by atoms with van der Waals surface area (Å²) in [6, 6.07) is 9.21. The van der Waals surface area contributed by atoms with Gasteiger partial charge in [-0.05, 0) is 69.2 Å². The van der Waals surface area contributed by atoms with Crippen LogP contribution in [0.15, 0.2) is 41.3 Å². The quantitative estimate of drug-likeness (QED) is 0.174. The lowest BCUT2D eigenvalue weighted by atomic mass is 9.83. The molecule has 2 heterocycles. The first-order valence-corrected chi connectivity index (χ1v) is 13.7. The number of H-pyrrole nitrogens is 1. The van der Waals surface area contributed by atoms with Crippen molar-refractivity contribution in [3.05, 3.63) is 52.4 Å². The number of nitrogens with one attached hydrogen (secondary N) is 5. The van der Waals surface area contributed by atoms with Gasteiger partial charge in [-0.3, -0.25) is 4.79 Å². The van der Waals surface area contributed by atoms with Gasteiger partial charge in [-0.2, -0.15) is 4.98 Å². The Morgan fingerprint density at radius 2 is 1.83 bits per heavy atom. The number of nitrogens with zero attached hydrogens (tertiary/aromatic N) is 2. The van der Waals surface area contributed by atoms with Crippen LogP contribution < -0.4 is 26.8 Å². The Hall–Kier alpha value is -4.35. The highest BCUT2D eigenvalue weighted by Crippen LogP contribution is 2.26. The molecule has 3 aromatic rings. The van der Waals surface area contributed by atoms with Crippen molar-refractivity contribution in [1.29, 1.82) is 0 Å². The fraction of sp³-hybridized carbons (Fsp3) is 0.483. The molecule has 2 aromatic heterocycles. The molecular weight excluding hydrogens is 526 g/mol. The number of hydrogen-bond donors (Lipinski definition) is 6. The number of rotatable bonds is 11. The third kappa shape index (κ3) is 9.96. The maximum absolute atomic E-state index is 12.7. The Balaban J connectivity index is 1.71. The largest absolute Gasteiger partial charge is 0.465 e. The second kappa shape index (κ2) is 13.3. The van der Waals surface area contributed by atoms with E-state index in [0.29, 0.717) is 55.0 Å². The predicted molar refractivity (Wildman–Crippen MR) is 160 cm³/mol. The number of carbonyl (C=O) groups excluding carboxylic acids is 1. The van der Waals surface area contributed by atoms with Crippen molar-refractivity contribution >= 4 is 40.5 Å². The molecule has 3 rings (SSSR count). The second-order valence-electron chi connectivity index (χ2n) is 11.9. The third-order valence-electron chi connectivity index (χ3n) is 6.18. The van der Waals surface area contributed by atoms with Crippen LogP contribution in [0, 0.1) is 5.41 Å². The Kier molecular flexibility index (Phi) is 10.1. The van der Waals surface area contributed by atoms with Gasteiger partial charge in [-0.15, -0.1) is 0 Å². The van der Waals surface area contributed by atoms with E-state index >= 15 is 0 Å². The number of amides is 2. The van der Waals surface area contributed by atoms with Crippen molar-refractivity contribution in [2.24, 2.45) is 5.41 Å². The Labute approximate surface area is 239 Å². The van der Waals surface area contributed by atoms with Gasteiger partial charge in [0.15, 0.2) is 0 Å². The van der Waals surface area contributed by atoms with E-state index in [4.69, 9.17) is 4.74 Å². The number of pyridine rings is 1. The molecule has 12 nitrogen and oxygen atoms in total. The minimum absolute atomic E-state index is 0.214. The molecule has 0 radical (unpaired) electrons. The molecule has 1 atom stereocenters. The molecular formula is C29H41N7O5. The first kappa shape index (κ1) is 31.2. The average molecular weight is 568 g/mol. The molecule has 0 aliphatic rings. The number of alkyl carbamates (subject to hydrolysis) is 1. The van der Waals surface area contributed by atoms with E-state index in [0.717, 1.165) is 11.3 Å². The molecule has 0 saturated carbocycles. The minimum atomic E-state index is -1.04. The fourth-order valence-electron chi connectivity index (χ4n) is 4.18. The number of carbonyl (C=O) groups is 2. The van der Waals surface area contributed by atoms with Gasteiger partial charge in [0, 0.05) is 31.0 Å². The molecule has 41 heavy (non-hydrogen) atoms. The summed E-state index contributed by atoms with van der Waals surface area (Å²) in [5.74, 6) is 0.690. The Morgan fingerprint density at radius 3 is 2.51 bits per heavy atom. The highest BCUT2D eigenvalue weighted by molar-refractivity contribution is 5.90. The van der Waals surface area contributed by atoms with E-state index in [9.17, 15) is 19.5 Å². The summed E-state index contributed by atoms with van der Waals surface area (Å²) in [5, 5.41) is 21.3. The maximum Gasteiger partial charge on any atom is 0.407 e. The van der Waals surface area contributed by atoms with Crippen molar-refractivity contribution in [3.63, 3.8) is 0 Å². The Morgan fingerprint density at radius 1 is 1.07 bits per heavy atom. The summed E-state index contributed by atoms with van der Waals surface area (Å²) in [4.78, 5) is 47.5. The highest BCUT2D eigenvalue weighted by atomic mass is 16.6. The van der Waals surface area contributed by atoms with Crippen LogP contribution in [-0.2, 0) is 11.2 Å². The standard InChI is InChI=1S/C29H41N7O5/c1-28(2,3)21(35-26(38)39)12-11-18-9-7-10-19(17-18)33-23-22-20(13-16-30-24(22)37)34-25(36-23)31-14-8-15-32-27(40)41-29(4,5)6/h7,9-10,13,16-17,21,35H,8,11-12,14-15H2,1-6H3,(H,30,37)(H,32,40)(H,38,39)(H2,31,33,34,36). The molecule has 0 aliphatic heterocycles. The first-order chi connectivity index (χ1) is 19.2. The van der Waals surface area contributed by atoms with Crippen LogP contribution in [0.3, 0.4) is 0 Å². The minimum Gasteiger partial charge on any atom is -0.465 e. The lowest BCUT2D eigenvalue weighted by Crippen LogP contribution is -2.43. The van der Waals surface area contributed by atoms with Crippen LogP contribution in [0.1, 0.15) is 59.9 Å². The van der Waals surface area contributed by atoms with Crippen LogP contribution in [0.25, 0.3) is 10.9 Å². The number of aryl methyl sites for hydroxylation is 1. The molecule has 1 unspecified atom stereocenters. The SMILES string of the molecule is CC(C)(C)OC(=O)NCCCNc1nc(Nc2cccc(CCC(NC(=O)O)C(C)(C)C)c2)c2c(=O)[nH]ccc2n1. The van der Waals surface area contributed by atoms with E-state index in [1.807, 2.05) is 45.0 Å². The molecule has 2 amide bonds. The lowest BCUT2D eigenvalue weighted by Gasteiger charge is -2.30. The van der Waals surface area contributed by atoms with Gasteiger partial charge >= 0.3 is 12.2 Å². The van der Waals surface area contributed by atoms with Crippen molar-refractivity contribution in [1.82, 2.24) is 25.6 Å². The van der Waals surface area contributed by atoms with Crippen molar-refractivity contribution in [3.8, 4) is 0 Å². The molecule has 0 bridgehead atoms. The zero-order valence-electron chi connectivity index (χ0n) is 24.6. The summed E-state index contributed by atoms with van der Waals surface area (Å²) in [6.45, 7) is 12.3. The number of fused-ring (bicyclic) bond motifs is 1. The second-order valence-corrected chi connectivity index (χ2v) is 11.9. The van der Waals surface area contributed by atoms with E-state index in [-0.39, 0.29) is 17.0 Å². The van der Waals surface area contributed by atoms with Crippen molar-refractivity contribution in [2.45, 2.75) is 72.4 Å². The number of benzene rings is 1. The summed E-state index contributed by atoms with van der Waals surface area (Å²) in [6.07, 6.45) is 1.92. The number of hydrogen-bond acceptors (Lipinski definition) is 8. The van der Waals surface area contributed by atoms with Crippen LogP contribution in [-0.4, -0.2) is 57.0 Å².